The molecule has 120 valence electrons. The first kappa shape index (κ1) is 14.0. The molecule has 2 spiro atoms. The summed E-state index contributed by atoms with van der Waals surface area (Å²) in [5.74, 6) is 1.44. The van der Waals surface area contributed by atoms with Gasteiger partial charge in [-0.2, -0.15) is 0 Å². The van der Waals surface area contributed by atoms with Crippen LogP contribution in [0.1, 0.15) is 68.9 Å². The van der Waals surface area contributed by atoms with Gasteiger partial charge in [0.1, 0.15) is 12.5 Å². The van der Waals surface area contributed by atoms with Crippen LogP contribution in [0.25, 0.3) is 0 Å². The predicted octanol–water partition coefficient (Wildman–Crippen LogP) is 4.81. The maximum atomic E-state index is 2.72. The highest BCUT2D eigenvalue weighted by molar-refractivity contribution is 5.86. The zero-order chi connectivity index (χ0) is 15.7. The van der Waals surface area contributed by atoms with Gasteiger partial charge in [0.15, 0.2) is 11.8 Å². The van der Waals surface area contributed by atoms with Crippen molar-refractivity contribution < 1.29 is 4.58 Å². The largest absolute Gasteiger partial charge is 0.232 e. The van der Waals surface area contributed by atoms with Crippen molar-refractivity contribution in [2.75, 3.05) is 7.05 Å². The van der Waals surface area contributed by atoms with E-state index in [4.69, 9.17) is 0 Å². The fourth-order valence-corrected chi connectivity index (χ4v) is 6.60. The first-order valence-corrected chi connectivity index (χ1v) is 9.65. The minimum Gasteiger partial charge on any atom is -0.232 e. The second-order valence-corrected chi connectivity index (χ2v) is 8.29. The van der Waals surface area contributed by atoms with E-state index in [1.54, 1.807) is 16.7 Å². The Balaban J connectivity index is 1.73. The first-order valence-electron chi connectivity index (χ1n) is 9.65. The fraction of sp³-hybridized carbons (Fsp3) is 0.591. The van der Waals surface area contributed by atoms with Gasteiger partial charge in [0.2, 0.25) is 0 Å². The summed E-state index contributed by atoms with van der Waals surface area (Å²) in [6.07, 6.45) is 15.0. The maximum absolute atomic E-state index is 2.72. The maximum Gasteiger partial charge on any atom is 0.184 e. The minimum absolute atomic E-state index is 0.226. The van der Waals surface area contributed by atoms with Gasteiger partial charge in [0.05, 0.1) is 0 Å². The lowest BCUT2D eigenvalue weighted by molar-refractivity contribution is -0.566. The van der Waals surface area contributed by atoms with Gasteiger partial charge in [0, 0.05) is 24.3 Å². The Labute approximate surface area is 140 Å². The predicted molar refractivity (Wildman–Crippen MR) is 95.4 cm³/mol. The molecule has 2 bridgehead atoms. The molecule has 1 saturated carbocycles. The van der Waals surface area contributed by atoms with E-state index >= 15 is 0 Å². The molecule has 2 unspecified atom stereocenters. The van der Waals surface area contributed by atoms with Crippen molar-refractivity contribution in [3.63, 3.8) is 0 Å². The van der Waals surface area contributed by atoms with Crippen LogP contribution in [0.5, 0.6) is 0 Å². The summed E-state index contributed by atoms with van der Waals surface area (Å²) in [5, 5.41) is 0. The molecule has 0 amide bonds. The number of nitrogens with zero attached hydrogens (tertiary/aromatic N) is 1. The standard InChI is InChI=1S/C22H28N/c1-3-9-18-17-14-20-21(12-7-4-8-13-21)23(2)15-22(18,20)19-11-6-5-10-16(17)19/h5-6,10-11,14-15,17-18H,3-4,7-9,12-13H2,1-2H3/q+1/t17?,18?,22-/m1/s1. The Bertz CT molecular complexity index is 719. The monoisotopic (exact) mass is 306 g/mol. The summed E-state index contributed by atoms with van der Waals surface area (Å²) in [7, 11) is 2.36. The quantitative estimate of drug-likeness (QED) is 0.545. The Morgan fingerprint density at radius 3 is 2.70 bits per heavy atom. The van der Waals surface area contributed by atoms with Crippen LogP contribution in [0.3, 0.4) is 0 Å². The lowest BCUT2D eigenvalue weighted by Gasteiger charge is -2.35. The molecular weight excluding hydrogens is 278 g/mol. The first-order chi connectivity index (χ1) is 11.2. The van der Waals surface area contributed by atoms with Crippen LogP contribution in [0.2, 0.25) is 0 Å². The summed E-state index contributed by atoms with van der Waals surface area (Å²) in [5.41, 5.74) is 5.60. The number of rotatable bonds is 2. The molecule has 3 aliphatic carbocycles. The highest BCUT2D eigenvalue weighted by atomic mass is 15.1. The van der Waals surface area contributed by atoms with E-state index in [9.17, 15) is 0 Å². The molecule has 5 rings (SSSR count). The SMILES string of the molecule is CCCC1C2C=C3C4(CCCCC4)[N+](C)=C[C@@]31c1ccccc12. The molecule has 3 atom stereocenters. The molecular formula is C22H28N+. The molecule has 23 heavy (non-hydrogen) atoms. The topological polar surface area (TPSA) is 3.01 Å². The molecule has 1 fully saturated rings. The second kappa shape index (κ2) is 4.59. The summed E-state index contributed by atoms with van der Waals surface area (Å²) in [6, 6.07) is 9.32. The second-order valence-electron chi connectivity index (χ2n) is 8.29. The van der Waals surface area contributed by atoms with E-state index in [1.807, 2.05) is 0 Å². The normalized spacial score (nSPS) is 35.9. The van der Waals surface area contributed by atoms with Crippen molar-refractivity contribution >= 4 is 6.21 Å². The molecule has 0 saturated heterocycles. The van der Waals surface area contributed by atoms with Gasteiger partial charge in [-0.3, -0.25) is 0 Å². The van der Waals surface area contributed by atoms with Crippen molar-refractivity contribution in [3.05, 3.63) is 47.0 Å². The van der Waals surface area contributed by atoms with Crippen molar-refractivity contribution in [1.82, 2.24) is 0 Å². The van der Waals surface area contributed by atoms with E-state index in [-0.39, 0.29) is 5.41 Å². The number of hydrogen-bond donors (Lipinski definition) is 0. The van der Waals surface area contributed by atoms with E-state index in [2.05, 4.69) is 55.1 Å². The van der Waals surface area contributed by atoms with Gasteiger partial charge >= 0.3 is 0 Å². The lowest BCUT2D eigenvalue weighted by atomic mass is 9.65. The minimum atomic E-state index is 0.226. The number of hydrogen-bond acceptors (Lipinski definition) is 0. The van der Waals surface area contributed by atoms with Crippen molar-refractivity contribution in [3.8, 4) is 0 Å². The van der Waals surface area contributed by atoms with Crippen molar-refractivity contribution in [1.29, 1.82) is 0 Å². The lowest BCUT2D eigenvalue weighted by Crippen LogP contribution is -2.43. The number of likely N-dealkylation sites (N-methyl/N-ethyl adjacent to an activating group) is 1. The van der Waals surface area contributed by atoms with E-state index in [0.29, 0.717) is 11.5 Å². The third-order valence-corrected chi connectivity index (χ3v) is 7.43. The number of allylic oxidation sites excluding steroid dienone is 1. The molecule has 1 aromatic carbocycles. The Morgan fingerprint density at radius 2 is 1.91 bits per heavy atom. The Morgan fingerprint density at radius 1 is 1.13 bits per heavy atom. The average molecular weight is 306 g/mol. The summed E-state index contributed by atoms with van der Waals surface area (Å²) in [4.78, 5) is 0. The van der Waals surface area contributed by atoms with Crippen molar-refractivity contribution in [2.24, 2.45) is 5.92 Å². The number of fused-ring (bicyclic) bond motifs is 4. The number of benzene rings is 1. The van der Waals surface area contributed by atoms with E-state index in [1.165, 1.54) is 44.9 Å². The molecule has 0 aromatic heterocycles. The molecule has 1 heteroatoms. The average Bonchev–Trinajstić information content (AvgIpc) is 3.12. The van der Waals surface area contributed by atoms with Crippen LogP contribution in [-0.4, -0.2) is 23.4 Å². The van der Waals surface area contributed by atoms with Crippen molar-refractivity contribution in [2.45, 2.75) is 68.7 Å². The van der Waals surface area contributed by atoms with Gasteiger partial charge in [-0.15, -0.1) is 0 Å². The summed E-state index contributed by atoms with van der Waals surface area (Å²) >= 11 is 0. The summed E-state index contributed by atoms with van der Waals surface area (Å²) in [6.45, 7) is 2.35. The zero-order valence-corrected chi connectivity index (χ0v) is 14.5. The van der Waals surface area contributed by atoms with Gasteiger partial charge < -0.3 is 0 Å². The third-order valence-electron chi connectivity index (χ3n) is 7.43. The van der Waals surface area contributed by atoms with Gasteiger partial charge in [-0.1, -0.05) is 50.1 Å². The Hall–Kier alpha value is -1.37. The third kappa shape index (κ3) is 1.48. The fourth-order valence-electron chi connectivity index (χ4n) is 6.60. The molecule has 1 nitrogen and oxygen atoms in total. The molecule has 1 aromatic rings. The molecule has 0 radical (unpaired) electrons. The van der Waals surface area contributed by atoms with E-state index < -0.39 is 0 Å². The van der Waals surface area contributed by atoms with Crippen LogP contribution in [0.15, 0.2) is 35.9 Å². The van der Waals surface area contributed by atoms with Crippen LogP contribution in [0.4, 0.5) is 0 Å². The molecule has 1 heterocycles. The Kier molecular flexibility index (Phi) is 2.79. The van der Waals surface area contributed by atoms with Crippen LogP contribution < -0.4 is 0 Å². The highest BCUT2D eigenvalue weighted by Crippen LogP contribution is 2.66. The van der Waals surface area contributed by atoms with Crippen LogP contribution >= 0.6 is 0 Å². The smallest absolute Gasteiger partial charge is 0.184 e. The van der Waals surface area contributed by atoms with Gasteiger partial charge in [-0.25, -0.2) is 4.58 Å². The molecule has 4 aliphatic rings. The zero-order valence-electron chi connectivity index (χ0n) is 14.5. The molecule has 0 N–H and O–H groups in total. The van der Waals surface area contributed by atoms with E-state index in [0.717, 1.165) is 5.92 Å². The van der Waals surface area contributed by atoms with Gasteiger partial charge in [-0.05, 0) is 36.3 Å². The van der Waals surface area contributed by atoms with Crippen LogP contribution in [-0.2, 0) is 5.41 Å². The van der Waals surface area contributed by atoms with Gasteiger partial charge in [0.25, 0.3) is 0 Å². The molecule has 1 aliphatic heterocycles. The highest BCUT2D eigenvalue weighted by Gasteiger charge is 2.69. The van der Waals surface area contributed by atoms with Crippen LogP contribution in [0, 0.1) is 5.92 Å². The summed E-state index contributed by atoms with van der Waals surface area (Å²) < 4.78 is 2.64.